The van der Waals surface area contributed by atoms with E-state index in [0.29, 0.717) is 13.2 Å². The van der Waals surface area contributed by atoms with Gasteiger partial charge in [-0.15, -0.1) is 0 Å². The number of hydrazone groups is 1. The van der Waals surface area contributed by atoms with Crippen LogP contribution in [-0.4, -0.2) is 29.8 Å². The zero-order valence-corrected chi connectivity index (χ0v) is 11.6. The second-order valence-corrected chi connectivity index (χ2v) is 5.37. The lowest BCUT2D eigenvalue weighted by molar-refractivity contribution is -0.132. The fourth-order valence-electron chi connectivity index (χ4n) is 2.85. The number of para-hydroxylation sites is 1. The molecule has 20 heavy (non-hydrogen) atoms. The van der Waals surface area contributed by atoms with Crippen LogP contribution in [0.4, 0.5) is 0 Å². The molecule has 3 rings (SSSR count). The first-order valence-electron chi connectivity index (χ1n) is 7.41. The Morgan fingerprint density at radius 3 is 2.90 bits per heavy atom. The third-order valence-electron chi connectivity index (χ3n) is 3.91. The van der Waals surface area contributed by atoms with E-state index in [9.17, 15) is 4.79 Å². The zero-order chi connectivity index (χ0) is 13.8. The highest BCUT2D eigenvalue weighted by molar-refractivity contribution is 6.08. The molecular weight excluding hydrogens is 252 g/mol. The number of amides is 1. The summed E-state index contributed by atoms with van der Waals surface area (Å²) in [5, 5.41) is 6.13. The van der Waals surface area contributed by atoms with Gasteiger partial charge in [-0.3, -0.25) is 4.79 Å². The smallest absolute Gasteiger partial charge is 0.251 e. The Balaban J connectivity index is 1.45. The average Bonchev–Trinajstić information content (AvgIpc) is 2.82. The molecule has 1 heterocycles. The van der Waals surface area contributed by atoms with Crippen LogP contribution < -0.4 is 4.74 Å². The number of hydrogen-bond acceptors (Lipinski definition) is 3. The van der Waals surface area contributed by atoms with Crippen LogP contribution in [0.3, 0.4) is 0 Å². The molecule has 106 valence electrons. The molecule has 1 aromatic rings. The maximum atomic E-state index is 12.2. The summed E-state index contributed by atoms with van der Waals surface area (Å²) in [6, 6.07) is 9.76. The Hall–Kier alpha value is -1.84. The number of rotatable bonds is 5. The van der Waals surface area contributed by atoms with Crippen molar-refractivity contribution in [2.24, 2.45) is 11.0 Å². The van der Waals surface area contributed by atoms with Crippen LogP contribution in [0.5, 0.6) is 5.75 Å². The third kappa shape index (κ3) is 2.84. The van der Waals surface area contributed by atoms with E-state index in [0.717, 1.165) is 37.1 Å². The minimum absolute atomic E-state index is 0.0822. The quantitative estimate of drug-likeness (QED) is 0.773. The maximum absolute atomic E-state index is 12.2. The normalized spacial score (nSPS) is 21.6. The molecule has 0 spiro atoms. The molecule has 1 saturated carbocycles. The van der Waals surface area contributed by atoms with Gasteiger partial charge in [0.1, 0.15) is 5.75 Å². The number of nitrogens with zero attached hydrogens (tertiary/aromatic N) is 2. The number of benzene rings is 1. The van der Waals surface area contributed by atoms with Gasteiger partial charge in [0.25, 0.3) is 5.91 Å². The van der Waals surface area contributed by atoms with Gasteiger partial charge < -0.3 is 4.74 Å². The molecule has 1 aromatic carbocycles. The predicted octanol–water partition coefficient (Wildman–Crippen LogP) is 2.84. The second kappa shape index (κ2) is 6.07. The van der Waals surface area contributed by atoms with Gasteiger partial charge in [-0.2, -0.15) is 5.10 Å². The van der Waals surface area contributed by atoms with Crippen LogP contribution in [0.25, 0.3) is 0 Å². The number of carbonyl (C=O) groups excluding carboxylic acids is 1. The van der Waals surface area contributed by atoms with Crippen molar-refractivity contribution < 1.29 is 9.53 Å². The predicted molar refractivity (Wildman–Crippen MR) is 77.7 cm³/mol. The summed E-state index contributed by atoms with van der Waals surface area (Å²) >= 11 is 0. The highest BCUT2D eigenvalue weighted by atomic mass is 16.5. The van der Waals surface area contributed by atoms with Crippen molar-refractivity contribution in [2.45, 2.75) is 32.1 Å². The summed E-state index contributed by atoms with van der Waals surface area (Å²) < 4.78 is 5.63. The number of fused-ring (bicyclic) bond motifs is 1. The Morgan fingerprint density at radius 2 is 2.10 bits per heavy atom. The first kappa shape index (κ1) is 13.2. The van der Waals surface area contributed by atoms with Crippen molar-refractivity contribution in [3.05, 3.63) is 30.3 Å². The lowest BCUT2D eigenvalue weighted by Gasteiger charge is -2.17. The first-order valence-corrected chi connectivity index (χ1v) is 7.41. The molecule has 1 unspecified atom stereocenters. The molecular formula is C16H20N2O2. The fourth-order valence-corrected chi connectivity index (χ4v) is 2.85. The summed E-state index contributed by atoms with van der Waals surface area (Å²) in [6.07, 6.45) is 5.11. The van der Waals surface area contributed by atoms with Gasteiger partial charge >= 0.3 is 0 Å². The molecule has 1 aliphatic carbocycles. The standard InChI is InChI=1S/C16H20N2O2/c19-16-14-9-4-5-10-15(14)17-18(16)11-6-12-20-13-7-2-1-3-8-13/h1-3,7-8,14H,4-6,9-12H2. The van der Waals surface area contributed by atoms with E-state index in [1.807, 2.05) is 30.3 Å². The largest absolute Gasteiger partial charge is 0.494 e. The van der Waals surface area contributed by atoms with E-state index in [1.54, 1.807) is 5.01 Å². The minimum Gasteiger partial charge on any atom is -0.494 e. The summed E-state index contributed by atoms with van der Waals surface area (Å²) in [5.41, 5.74) is 1.10. The van der Waals surface area contributed by atoms with Crippen molar-refractivity contribution >= 4 is 11.6 Å². The van der Waals surface area contributed by atoms with Crippen LogP contribution in [-0.2, 0) is 4.79 Å². The lowest BCUT2D eigenvalue weighted by atomic mass is 9.87. The van der Waals surface area contributed by atoms with Crippen molar-refractivity contribution in [2.75, 3.05) is 13.2 Å². The van der Waals surface area contributed by atoms with Crippen LogP contribution in [0.2, 0.25) is 0 Å². The van der Waals surface area contributed by atoms with E-state index < -0.39 is 0 Å². The fraction of sp³-hybridized carbons (Fsp3) is 0.500. The van der Waals surface area contributed by atoms with E-state index in [2.05, 4.69) is 5.10 Å². The zero-order valence-electron chi connectivity index (χ0n) is 11.6. The van der Waals surface area contributed by atoms with E-state index in [1.165, 1.54) is 6.42 Å². The minimum atomic E-state index is 0.0822. The van der Waals surface area contributed by atoms with Crippen molar-refractivity contribution in [1.82, 2.24) is 5.01 Å². The molecule has 0 bridgehead atoms. The Labute approximate surface area is 119 Å². The first-order chi connectivity index (χ1) is 9.84. The van der Waals surface area contributed by atoms with E-state index in [-0.39, 0.29) is 11.8 Å². The third-order valence-corrected chi connectivity index (χ3v) is 3.91. The van der Waals surface area contributed by atoms with E-state index in [4.69, 9.17) is 4.74 Å². The second-order valence-electron chi connectivity index (χ2n) is 5.37. The van der Waals surface area contributed by atoms with Gasteiger partial charge in [0.2, 0.25) is 0 Å². The highest BCUT2D eigenvalue weighted by Gasteiger charge is 2.36. The molecule has 1 amide bonds. The molecule has 0 N–H and O–H groups in total. The number of carbonyl (C=O) groups is 1. The maximum Gasteiger partial charge on any atom is 0.251 e. The molecule has 0 radical (unpaired) electrons. The van der Waals surface area contributed by atoms with Crippen molar-refractivity contribution in [1.29, 1.82) is 0 Å². The van der Waals surface area contributed by atoms with Crippen molar-refractivity contribution in [3.63, 3.8) is 0 Å². The van der Waals surface area contributed by atoms with Gasteiger partial charge in [0.05, 0.1) is 18.2 Å². The highest BCUT2D eigenvalue weighted by Crippen LogP contribution is 2.28. The number of hydrogen-bond donors (Lipinski definition) is 0. The molecule has 2 aliphatic rings. The lowest BCUT2D eigenvalue weighted by Crippen LogP contribution is -2.30. The molecule has 1 atom stereocenters. The monoisotopic (exact) mass is 272 g/mol. The summed E-state index contributed by atoms with van der Waals surface area (Å²) in [6.45, 7) is 1.27. The van der Waals surface area contributed by atoms with Crippen LogP contribution >= 0.6 is 0 Å². The van der Waals surface area contributed by atoms with Crippen LogP contribution in [0, 0.1) is 5.92 Å². The molecule has 0 aromatic heterocycles. The van der Waals surface area contributed by atoms with Gasteiger partial charge in [0.15, 0.2) is 0 Å². The summed E-state index contributed by atoms with van der Waals surface area (Å²) in [5.74, 6) is 1.15. The molecule has 4 nitrogen and oxygen atoms in total. The summed E-state index contributed by atoms with van der Waals surface area (Å²) in [4.78, 5) is 12.2. The molecule has 1 fully saturated rings. The molecule has 0 saturated heterocycles. The van der Waals surface area contributed by atoms with Crippen molar-refractivity contribution in [3.8, 4) is 5.75 Å². The Bertz CT molecular complexity index is 498. The number of ether oxygens (including phenoxy) is 1. The van der Waals surface area contributed by atoms with Crippen LogP contribution in [0.15, 0.2) is 35.4 Å². The Morgan fingerprint density at radius 1 is 1.25 bits per heavy atom. The molecule has 1 aliphatic heterocycles. The molecule has 4 heteroatoms. The van der Waals surface area contributed by atoms with Gasteiger partial charge in [-0.1, -0.05) is 24.6 Å². The van der Waals surface area contributed by atoms with Gasteiger partial charge in [0, 0.05) is 13.0 Å². The average molecular weight is 272 g/mol. The van der Waals surface area contributed by atoms with Crippen LogP contribution in [0.1, 0.15) is 32.1 Å². The summed E-state index contributed by atoms with van der Waals surface area (Å²) in [7, 11) is 0. The Kier molecular flexibility index (Phi) is 4.00. The topological polar surface area (TPSA) is 41.9 Å². The van der Waals surface area contributed by atoms with Gasteiger partial charge in [-0.05, 0) is 31.4 Å². The SMILES string of the molecule is O=C1C2CCCCC2=NN1CCCOc1ccccc1. The van der Waals surface area contributed by atoms with E-state index >= 15 is 0 Å². The van der Waals surface area contributed by atoms with Gasteiger partial charge in [-0.25, -0.2) is 5.01 Å².